The molecule has 2 aliphatic rings. The van der Waals surface area contributed by atoms with Crippen LogP contribution < -0.4 is 14.8 Å². The van der Waals surface area contributed by atoms with Crippen molar-refractivity contribution < 1.29 is 17.9 Å². The molecule has 2 N–H and O–H groups in total. The first-order chi connectivity index (χ1) is 17.9. The number of nitrogens with zero attached hydrogens (tertiary/aromatic N) is 6. The molecule has 2 fully saturated rings. The fourth-order valence-electron chi connectivity index (χ4n) is 3.36. The summed E-state index contributed by atoms with van der Waals surface area (Å²) in [6.45, 7) is 8.83. The van der Waals surface area contributed by atoms with Gasteiger partial charge in [-0.25, -0.2) is 18.4 Å². The normalized spacial score (nSPS) is 18.8. The third-order valence-electron chi connectivity index (χ3n) is 5.49. The number of likely N-dealkylation sites (N-methyl/N-ethyl adjacent to an activating group) is 1. The van der Waals surface area contributed by atoms with E-state index in [0.717, 1.165) is 43.1 Å². The molecule has 12 nitrogen and oxygen atoms in total. The van der Waals surface area contributed by atoms with Gasteiger partial charge in [0.1, 0.15) is 12.4 Å². The average Bonchev–Trinajstić information content (AvgIpc) is 3.66. The van der Waals surface area contributed by atoms with Gasteiger partial charge in [-0.05, 0) is 39.6 Å². The zero-order chi connectivity index (χ0) is 26.7. The number of carbonyl (C=O) groups excluding carboxylic acids is 1. The predicted octanol–water partition coefficient (Wildman–Crippen LogP) is 1.40. The van der Waals surface area contributed by atoms with E-state index in [1.54, 1.807) is 30.9 Å². The molecule has 1 aliphatic heterocycles. The maximum absolute atomic E-state index is 11.6. The minimum atomic E-state index is -3.16. The Kier molecular flexibility index (Phi) is 11.0. The van der Waals surface area contributed by atoms with Crippen molar-refractivity contribution in [1.82, 2.24) is 29.9 Å². The van der Waals surface area contributed by atoms with Gasteiger partial charge in [0.15, 0.2) is 11.3 Å². The molecule has 37 heavy (non-hydrogen) atoms. The van der Waals surface area contributed by atoms with E-state index in [1.165, 1.54) is 11.3 Å². The van der Waals surface area contributed by atoms with Gasteiger partial charge in [-0.3, -0.25) is 24.7 Å². The third kappa shape index (κ3) is 8.86. The van der Waals surface area contributed by atoms with E-state index in [2.05, 4.69) is 46.6 Å². The summed E-state index contributed by atoms with van der Waals surface area (Å²) in [6, 6.07) is 0.172. The molecule has 0 aromatic carbocycles. The van der Waals surface area contributed by atoms with Crippen molar-refractivity contribution in [3.63, 3.8) is 0 Å². The molecular weight excluding hydrogens is 516 g/mol. The Morgan fingerprint density at radius 3 is 2.84 bits per heavy atom. The summed E-state index contributed by atoms with van der Waals surface area (Å²) in [5, 5.41) is 3.53. The fourth-order valence-corrected chi connectivity index (χ4v) is 5.29. The number of sulfonamides is 1. The first kappa shape index (κ1) is 28.7. The Hall–Kier alpha value is -2.91. The maximum atomic E-state index is 11.6. The van der Waals surface area contributed by atoms with Crippen LogP contribution in [0.25, 0.3) is 10.6 Å². The van der Waals surface area contributed by atoms with Gasteiger partial charge in [-0.1, -0.05) is 0 Å². The van der Waals surface area contributed by atoms with Crippen LogP contribution in [0.3, 0.4) is 0 Å². The van der Waals surface area contributed by atoms with Crippen LogP contribution in [0.15, 0.2) is 40.3 Å². The highest BCUT2D eigenvalue weighted by atomic mass is 32.2. The van der Waals surface area contributed by atoms with E-state index in [1.807, 2.05) is 14.0 Å². The molecule has 0 amide bonds. The second kappa shape index (κ2) is 14.1. The molecule has 0 bridgehead atoms. The quantitative estimate of drug-likeness (QED) is 0.314. The largest absolute Gasteiger partial charge is 0.477 e. The zero-order valence-electron chi connectivity index (χ0n) is 20.9. The highest BCUT2D eigenvalue weighted by Gasteiger charge is 2.35. The SMILES string of the molecule is C=N/C(=C\C=N/CNS(=O)(=O)C1CC1)C1CNCCN1C.CCOc1cncc(-c2cnc(C=O)s2)n1. The number of hydrogen-bond acceptors (Lipinski definition) is 12. The van der Waals surface area contributed by atoms with E-state index < -0.39 is 10.0 Å². The lowest BCUT2D eigenvalue weighted by molar-refractivity contribution is 0.112. The summed E-state index contributed by atoms with van der Waals surface area (Å²) in [6.07, 6.45) is 10.4. The zero-order valence-corrected chi connectivity index (χ0v) is 22.5. The van der Waals surface area contributed by atoms with Gasteiger partial charge < -0.3 is 10.1 Å². The third-order valence-corrected chi connectivity index (χ3v) is 8.31. The number of aliphatic imine (C=N–C) groups is 2. The van der Waals surface area contributed by atoms with Crippen LogP contribution in [0.1, 0.15) is 29.6 Å². The molecule has 2 aromatic heterocycles. The Balaban J connectivity index is 0.000000213. The Morgan fingerprint density at radius 2 is 2.19 bits per heavy atom. The van der Waals surface area contributed by atoms with Crippen molar-refractivity contribution in [2.75, 3.05) is 40.0 Å². The summed E-state index contributed by atoms with van der Waals surface area (Å²) in [5.41, 5.74) is 1.50. The highest BCUT2D eigenvalue weighted by molar-refractivity contribution is 7.90. The number of piperazine rings is 1. The average molecular weight is 549 g/mol. The summed E-state index contributed by atoms with van der Waals surface area (Å²) in [5.74, 6) is 0.473. The Morgan fingerprint density at radius 1 is 1.38 bits per heavy atom. The number of carbonyl (C=O) groups is 1. The molecule has 14 heteroatoms. The molecule has 0 spiro atoms. The summed E-state index contributed by atoms with van der Waals surface area (Å²) >= 11 is 1.28. The summed E-state index contributed by atoms with van der Waals surface area (Å²) in [4.78, 5) is 33.8. The van der Waals surface area contributed by atoms with E-state index in [9.17, 15) is 13.2 Å². The van der Waals surface area contributed by atoms with Crippen molar-refractivity contribution in [2.45, 2.75) is 31.1 Å². The lowest BCUT2D eigenvalue weighted by Crippen LogP contribution is -2.49. The van der Waals surface area contributed by atoms with Gasteiger partial charge in [0.25, 0.3) is 0 Å². The van der Waals surface area contributed by atoms with Gasteiger partial charge in [0.2, 0.25) is 15.9 Å². The van der Waals surface area contributed by atoms with Crippen molar-refractivity contribution in [2.24, 2.45) is 9.98 Å². The van der Waals surface area contributed by atoms with Crippen LogP contribution in [-0.4, -0.2) is 98.7 Å². The minimum absolute atomic E-state index is 0.0680. The second-order valence-electron chi connectivity index (χ2n) is 8.18. The lowest BCUT2D eigenvalue weighted by atomic mass is 10.1. The molecular formula is C23H32N8O4S2. The van der Waals surface area contributed by atoms with E-state index in [0.29, 0.717) is 29.5 Å². The molecule has 1 atom stereocenters. The van der Waals surface area contributed by atoms with E-state index in [4.69, 9.17) is 4.74 Å². The molecule has 4 rings (SSSR count). The molecule has 1 unspecified atom stereocenters. The number of aromatic nitrogens is 3. The molecule has 200 valence electrons. The number of ether oxygens (including phenoxy) is 1. The molecule has 1 aliphatic carbocycles. The van der Waals surface area contributed by atoms with Crippen LogP contribution in [0.2, 0.25) is 0 Å². The van der Waals surface area contributed by atoms with Gasteiger partial charge in [-0.2, -0.15) is 4.72 Å². The molecule has 1 saturated carbocycles. The first-order valence-corrected chi connectivity index (χ1v) is 14.2. The summed E-state index contributed by atoms with van der Waals surface area (Å²) in [7, 11) is -1.11. The molecule has 2 aromatic rings. The van der Waals surface area contributed by atoms with Gasteiger partial charge in [0, 0.05) is 32.0 Å². The van der Waals surface area contributed by atoms with Crippen molar-refractivity contribution in [1.29, 1.82) is 0 Å². The van der Waals surface area contributed by atoms with Gasteiger partial charge in [0.05, 0.1) is 40.9 Å². The van der Waals surface area contributed by atoms with Gasteiger partial charge >= 0.3 is 0 Å². The number of rotatable bonds is 11. The van der Waals surface area contributed by atoms with Crippen molar-refractivity contribution in [3.8, 4) is 16.5 Å². The van der Waals surface area contributed by atoms with Crippen LogP contribution in [-0.2, 0) is 10.0 Å². The van der Waals surface area contributed by atoms with Crippen molar-refractivity contribution >= 4 is 40.6 Å². The smallest absolute Gasteiger partial charge is 0.232 e. The number of thiazole rings is 1. The number of hydrogen-bond donors (Lipinski definition) is 2. The highest BCUT2D eigenvalue weighted by Crippen LogP contribution is 2.27. The molecule has 0 radical (unpaired) electrons. The van der Waals surface area contributed by atoms with Crippen LogP contribution >= 0.6 is 11.3 Å². The fraction of sp³-hybridized carbons (Fsp3) is 0.478. The van der Waals surface area contributed by atoms with Crippen LogP contribution in [0.5, 0.6) is 5.88 Å². The van der Waals surface area contributed by atoms with E-state index >= 15 is 0 Å². The van der Waals surface area contributed by atoms with Gasteiger partial charge in [-0.15, -0.1) is 11.3 Å². The predicted molar refractivity (Wildman–Crippen MR) is 145 cm³/mol. The molecule has 1 saturated heterocycles. The standard InChI is InChI=1S/C13H23N5O2S.C10H9N3O2S/c1-14-12(13-9-15-7-8-18(13)2)5-6-16-10-17-21(19,20)11-3-4-11;1-2-15-9-5-11-3-7(13-9)8-4-12-10(6-14)16-8/h5-6,11,13,15,17H,1,3-4,7-10H2,2H3;3-6H,2H2,1H3/b12-5-,16-6-;. The lowest BCUT2D eigenvalue weighted by Gasteiger charge is -2.33. The second-order valence-corrected chi connectivity index (χ2v) is 11.3. The first-order valence-electron chi connectivity index (χ1n) is 11.8. The number of aldehydes is 1. The van der Waals surface area contributed by atoms with Crippen LogP contribution in [0, 0.1) is 0 Å². The topological polar surface area (TPSA) is 151 Å². The Labute approximate surface area is 221 Å². The molecule has 3 heterocycles. The number of allylic oxidation sites excluding steroid dienone is 1. The van der Waals surface area contributed by atoms with E-state index in [-0.39, 0.29) is 18.0 Å². The Bertz CT molecular complexity index is 1210. The summed E-state index contributed by atoms with van der Waals surface area (Å²) < 4.78 is 30.9. The minimum Gasteiger partial charge on any atom is -0.477 e. The van der Waals surface area contributed by atoms with Crippen molar-refractivity contribution in [3.05, 3.63) is 35.4 Å². The number of nitrogens with one attached hydrogen (secondary N) is 2. The maximum Gasteiger partial charge on any atom is 0.232 e. The monoisotopic (exact) mass is 548 g/mol. The van der Waals surface area contributed by atoms with Crippen LogP contribution in [0.4, 0.5) is 0 Å².